The van der Waals surface area contributed by atoms with Gasteiger partial charge in [0, 0.05) is 16.2 Å². The lowest BCUT2D eigenvalue weighted by molar-refractivity contribution is 0.112. The SMILES string of the molecule is Cc1c(Br)cccc1/C=C(\F)c1ccc(C=O)cn1. The van der Waals surface area contributed by atoms with Crippen molar-refractivity contribution in [2.75, 3.05) is 0 Å². The molecule has 2 nitrogen and oxygen atoms in total. The van der Waals surface area contributed by atoms with Crippen LogP contribution in [0, 0.1) is 6.92 Å². The molecular weight excluding hydrogens is 309 g/mol. The fourth-order valence-electron chi connectivity index (χ4n) is 1.61. The monoisotopic (exact) mass is 319 g/mol. The van der Waals surface area contributed by atoms with Gasteiger partial charge in [0.1, 0.15) is 5.83 Å². The van der Waals surface area contributed by atoms with E-state index in [0.717, 1.165) is 15.6 Å². The third-order valence-electron chi connectivity index (χ3n) is 2.76. The Morgan fingerprint density at radius 3 is 2.74 bits per heavy atom. The summed E-state index contributed by atoms with van der Waals surface area (Å²) in [5, 5.41) is 0. The first kappa shape index (κ1) is 13.6. The van der Waals surface area contributed by atoms with Gasteiger partial charge >= 0.3 is 0 Å². The van der Waals surface area contributed by atoms with Crippen LogP contribution in [0.1, 0.15) is 27.2 Å². The molecule has 1 aromatic heterocycles. The van der Waals surface area contributed by atoms with E-state index < -0.39 is 5.83 Å². The molecule has 0 radical (unpaired) electrons. The van der Waals surface area contributed by atoms with E-state index in [4.69, 9.17) is 0 Å². The molecule has 0 amide bonds. The number of nitrogens with zero attached hydrogens (tertiary/aromatic N) is 1. The molecule has 0 bridgehead atoms. The van der Waals surface area contributed by atoms with Crippen molar-refractivity contribution >= 4 is 34.1 Å². The Balaban J connectivity index is 2.36. The minimum atomic E-state index is -0.432. The number of aldehydes is 1. The molecule has 1 heterocycles. The van der Waals surface area contributed by atoms with Gasteiger partial charge in [0.2, 0.25) is 0 Å². The van der Waals surface area contributed by atoms with Crippen LogP contribution in [0.15, 0.2) is 41.0 Å². The van der Waals surface area contributed by atoms with E-state index in [1.807, 2.05) is 25.1 Å². The summed E-state index contributed by atoms with van der Waals surface area (Å²) < 4.78 is 15.0. The zero-order chi connectivity index (χ0) is 13.8. The van der Waals surface area contributed by atoms with Crippen molar-refractivity contribution < 1.29 is 9.18 Å². The number of benzene rings is 1. The van der Waals surface area contributed by atoms with Crippen LogP contribution in [0.5, 0.6) is 0 Å². The summed E-state index contributed by atoms with van der Waals surface area (Å²) in [4.78, 5) is 14.4. The predicted octanol–water partition coefficient (Wildman–Crippen LogP) is 4.43. The number of halogens is 2. The van der Waals surface area contributed by atoms with Crippen molar-refractivity contribution in [1.82, 2.24) is 4.98 Å². The van der Waals surface area contributed by atoms with Crippen LogP contribution in [0.2, 0.25) is 0 Å². The lowest BCUT2D eigenvalue weighted by Crippen LogP contribution is -1.89. The highest BCUT2D eigenvalue weighted by molar-refractivity contribution is 9.10. The van der Waals surface area contributed by atoms with Gasteiger partial charge in [0.25, 0.3) is 0 Å². The maximum Gasteiger partial charge on any atom is 0.151 e. The second-order valence-electron chi connectivity index (χ2n) is 4.04. The van der Waals surface area contributed by atoms with Crippen molar-refractivity contribution in [3.8, 4) is 0 Å². The molecule has 2 rings (SSSR count). The number of hydrogen-bond acceptors (Lipinski definition) is 2. The molecule has 0 aliphatic heterocycles. The molecule has 0 spiro atoms. The van der Waals surface area contributed by atoms with Crippen molar-refractivity contribution in [1.29, 1.82) is 0 Å². The zero-order valence-corrected chi connectivity index (χ0v) is 11.8. The molecule has 0 atom stereocenters. The average Bonchev–Trinajstić information content (AvgIpc) is 2.44. The Hall–Kier alpha value is -1.81. The molecular formula is C15H11BrFNO. The second kappa shape index (κ2) is 5.89. The van der Waals surface area contributed by atoms with Gasteiger partial charge in [-0.05, 0) is 42.3 Å². The molecule has 0 saturated heterocycles. The summed E-state index contributed by atoms with van der Waals surface area (Å²) in [5.74, 6) is -0.432. The Morgan fingerprint density at radius 2 is 2.11 bits per heavy atom. The van der Waals surface area contributed by atoms with Gasteiger partial charge in [-0.15, -0.1) is 0 Å². The van der Waals surface area contributed by atoms with Crippen LogP contribution in [0.3, 0.4) is 0 Å². The number of carbonyl (C=O) groups excluding carboxylic acids is 1. The molecule has 0 saturated carbocycles. The van der Waals surface area contributed by atoms with Crippen molar-refractivity contribution in [2.24, 2.45) is 0 Å². The van der Waals surface area contributed by atoms with Crippen LogP contribution in [-0.4, -0.2) is 11.3 Å². The molecule has 0 aliphatic rings. The van der Waals surface area contributed by atoms with Gasteiger partial charge in [0.15, 0.2) is 6.29 Å². The Labute approximate surface area is 119 Å². The standard InChI is InChI=1S/C15H11BrFNO/c1-10-12(3-2-4-13(10)16)7-14(17)15-6-5-11(9-19)8-18-15/h2-9H,1H3/b14-7-. The van der Waals surface area contributed by atoms with Gasteiger partial charge in [-0.2, -0.15) is 0 Å². The summed E-state index contributed by atoms with van der Waals surface area (Å²) >= 11 is 3.40. The fourth-order valence-corrected chi connectivity index (χ4v) is 1.99. The molecule has 2 aromatic rings. The lowest BCUT2D eigenvalue weighted by Gasteiger charge is -2.03. The van der Waals surface area contributed by atoms with E-state index in [1.54, 1.807) is 0 Å². The lowest BCUT2D eigenvalue weighted by atomic mass is 10.1. The molecule has 0 N–H and O–H groups in total. The highest BCUT2D eigenvalue weighted by Gasteiger charge is 2.05. The smallest absolute Gasteiger partial charge is 0.151 e. The minimum Gasteiger partial charge on any atom is -0.298 e. The topological polar surface area (TPSA) is 30.0 Å². The molecule has 19 heavy (non-hydrogen) atoms. The van der Waals surface area contributed by atoms with Gasteiger partial charge < -0.3 is 0 Å². The summed E-state index contributed by atoms with van der Waals surface area (Å²) in [5.41, 5.74) is 2.38. The quantitative estimate of drug-likeness (QED) is 0.783. The third-order valence-corrected chi connectivity index (χ3v) is 3.62. The Kier molecular flexibility index (Phi) is 4.22. The van der Waals surface area contributed by atoms with Crippen LogP contribution >= 0.6 is 15.9 Å². The van der Waals surface area contributed by atoms with E-state index in [9.17, 15) is 9.18 Å². The predicted molar refractivity (Wildman–Crippen MR) is 77.5 cm³/mol. The van der Waals surface area contributed by atoms with Crippen LogP contribution in [0.4, 0.5) is 4.39 Å². The highest BCUT2D eigenvalue weighted by Crippen LogP contribution is 2.24. The van der Waals surface area contributed by atoms with E-state index in [1.165, 1.54) is 24.4 Å². The zero-order valence-electron chi connectivity index (χ0n) is 10.2. The van der Waals surface area contributed by atoms with Gasteiger partial charge in [-0.25, -0.2) is 4.39 Å². The first-order chi connectivity index (χ1) is 9.11. The first-order valence-corrected chi connectivity index (χ1v) is 6.45. The second-order valence-corrected chi connectivity index (χ2v) is 4.90. The van der Waals surface area contributed by atoms with Crippen LogP contribution in [-0.2, 0) is 0 Å². The molecule has 96 valence electrons. The molecule has 1 aromatic carbocycles. The Morgan fingerprint density at radius 1 is 1.32 bits per heavy atom. The van der Waals surface area contributed by atoms with Crippen LogP contribution in [0.25, 0.3) is 11.9 Å². The van der Waals surface area contributed by atoms with Gasteiger partial charge in [-0.1, -0.05) is 28.1 Å². The first-order valence-electron chi connectivity index (χ1n) is 5.65. The van der Waals surface area contributed by atoms with Crippen molar-refractivity contribution in [3.05, 3.63) is 63.4 Å². The molecule has 0 unspecified atom stereocenters. The molecule has 4 heteroatoms. The molecule has 0 fully saturated rings. The summed E-state index contributed by atoms with van der Waals surface area (Å²) in [6, 6.07) is 8.61. The number of hydrogen-bond donors (Lipinski definition) is 0. The number of aromatic nitrogens is 1. The minimum absolute atomic E-state index is 0.213. The average molecular weight is 320 g/mol. The normalized spacial score (nSPS) is 11.4. The van der Waals surface area contributed by atoms with Gasteiger partial charge in [-0.3, -0.25) is 9.78 Å². The van der Waals surface area contributed by atoms with E-state index in [-0.39, 0.29) is 5.69 Å². The third kappa shape index (κ3) is 3.15. The maximum atomic E-state index is 14.1. The van der Waals surface area contributed by atoms with Gasteiger partial charge in [0.05, 0.1) is 5.69 Å². The summed E-state index contributed by atoms with van der Waals surface area (Å²) in [7, 11) is 0. The number of pyridine rings is 1. The summed E-state index contributed by atoms with van der Waals surface area (Å²) in [6.45, 7) is 1.91. The maximum absolute atomic E-state index is 14.1. The van der Waals surface area contributed by atoms with E-state index in [2.05, 4.69) is 20.9 Å². The number of rotatable bonds is 3. The Bertz CT molecular complexity index is 635. The highest BCUT2D eigenvalue weighted by atomic mass is 79.9. The largest absolute Gasteiger partial charge is 0.298 e. The molecule has 0 aliphatic carbocycles. The van der Waals surface area contributed by atoms with E-state index in [0.29, 0.717) is 11.8 Å². The number of carbonyl (C=O) groups is 1. The van der Waals surface area contributed by atoms with Crippen LogP contribution < -0.4 is 0 Å². The fraction of sp³-hybridized carbons (Fsp3) is 0.0667. The van der Waals surface area contributed by atoms with E-state index >= 15 is 0 Å². The van der Waals surface area contributed by atoms with Crippen molar-refractivity contribution in [2.45, 2.75) is 6.92 Å². The van der Waals surface area contributed by atoms with Crippen molar-refractivity contribution in [3.63, 3.8) is 0 Å². The summed E-state index contributed by atoms with van der Waals surface area (Å²) in [6.07, 6.45) is 3.46.